The van der Waals surface area contributed by atoms with Crippen molar-refractivity contribution < 1.29 is 9.59 Å². The molecule has 1 aromatic heterocycles. The van der Waals surface area contributed by atoms with E-state index in [1.807, 2.05) is 42.8 Å². The van der Waals surface area contributed by atoms with E-state index in [2.05, 4.69) is 24.8 Å². The minimum Gasteiger partial charge on any atom is -0.347 e. The molecule has 4 heteroatoms. The zero-order valence-electron chi connectivity index (χ0n) is 15.7. The molecule has 2 heterocycles. The van der Waals surface area contributed by atoms with Gasteiger partial charge in [-0.1, -0.05) is 44.2 Å². The first-order valence-electron chi connectivity index (χ1n) is 9.31. The molecule has 0 saturated carbocycles. The van der Waals surface area contributed by atoms with Gasteiger partial charge in [-0.25, -0.2) is 0 Å². The van der Waals surface area contributed by atoms with Gasteiger partial charge >= 0.3 is 0 Å². The van der Waals surface area contributed by atoms with Crippen molar-refractivity contribution in [3.8, 4) is 0 Å². The average Bonchev–Trinajstić information content (AvgIpc) is 3.24. The maximum atomic E-state index is 13.4. The van der Waals surface area contributed by atoms with Gasteiger partial charge < -0.3 is 4.90 Å². The summed E-state index contributed by atoms with van der Waals surface area (Å²) in [6.07, 6.45) is 1.38. The molecular weight excluding hydrogens is 354 g/mol. The summed E-state index contributed by atoms with van der Waals surface area (Å²) < 4.78 is 0. The van der Waals surface area contributed by atoms with E-state index in [4.69, 9.17) is 0 Å². The molecule has 2 aromatic rings. The summed E-state index contributed by atoms with van der Waals surface area (Å²) in [5, 5.41) is 2.03. The second-order valence-corrected chi connectivity index (χ2v) is 9.43. The smallest absolute Gasteiger partial charge is 0.192 e. The van der Waals surface area contributed by atoms with Crippen LogP contribution in [0, 0.1) is 5.41 Å². The van der Waals surface area contributed by atoms with Crippen molar-refractivity contribution in [2.24, 2.45) is 5.41 Å². The van der Waals surface area contributed by atoms with E-state index in [0.717, 1.165) is 45.0 Å². The van der Waals surface area contributed by atoms with Crippen molar-refractivity contribution in [2.75, 3.05) is 7.05 Å². The zero-order valence-corrected chi connectivity index (χ0v) is 16.5. The Morgan fingerprint density at radius 3 is 2.44 bits per heavy atom. The molecule has 0 spiro atoms. The van der Waals surface area contributed by atoms with Gasteiger partial charge in [-0.3, -0.25) is 9.59 Å². The molecule has 2 aliphatic carbocycles. The molecule has 0 bridgehead atoms. The molecular formula is C23H21NO2S. The van der Waals surface area contributed by atoms with Gasteiger partial charge in [-0.15, -0.1) is 11.3 Å². The molecule has 3 aliphatic rings. The number of carbonyl (C=O) groups is 2. The number of benzene rings is 1. The van der Waals surface area contributed by atoms with Crippen LogP contribution in [-0.4, -0.2) is 23.5 Å². The largest absolute Gasteiger partial charge is 0.347 e. The molecule has 1 aromatic carbocycles. The molecule has 1 aliphatic heterocycles. The summed E-state index contributed by atoms with van der Waals surface area (Å²) in [5.41, 5.74) is 5.35. The Hall–Kier alpha value is -2.46. The highest BCUT2D eigenvalue weighted by molar-refractivity contribution is 7.10. The van der Waals surface area contributed by atoms with Gasteiger partial charge in [0.2, 0.25) is 0 Å². The highest BCUT2D eigenvalue weighted by atomic mass is 32.1. The van der Waals surface area contributed by atoms with Crippen molar-refractivity contribution >= 4 is 28.6 Å². The van der Waals surface area contributed by atoms with Crippen LogP contribution in [0.3, 0.4) is 0 Å². The van der Waals surface area contributed by atoms with E-state index in [9.17, 15) is 9.59 Å². The monoisotopic (exact) mass is 375 g/mol. The van der Waals surface area contributed by atoms with Crippen molar-refractivity contribution in [1.82, 2.24) is 4.90 Å². The lowest BCUT2D eigenvalue weighted by Gasteiger charge is -2.42. The lowest BCUT2D eigenvalue weighted by atomic mass is 9.69. The van der Waals surface area contributed by atoms with Gasteiger partial charge in [0.1, 0.15) is 0 Å². The lowest BCUT2D eigenvalue weighted by Crippen LogP contribution is -2.37. The first kappa shape index (κ1) is 16.7. The van der Waals surface area contributed by atoms with E-state index in [1.54, 1.807) is 11.3 Å². The van der Waals surface area contributed by atoms with E-state index in [-0.39, 0.29) is 22.9 Å². The minimum absolute atomic E-state index is 0.0648. The molecule has 0 radical (unpaired) electrons. The third kappa shape index (κ3) is 2.26. The number of nitrogens with zero attached hydrogens (tertiary/aromatic N) is 1. The first-order chi connectivity index (χ1) is 12.9. The topological polar surface area (TPSA) is 37.4 Å². The summed E-state index contributed by atoms with van der Waals surface area (Å²) in [6.45, 7) is 4.31. The Labute approximate surface area is 163 Å². The highest BCUT2D eigenvalue weighted by Crippen LogP contribution is 2.54. The second kappa shape index (κ2) is 5.52. The van der Waals surface area contributed by atoms with Gasteiger partial charge in [0, 0.05) is 46.3 Å². The predicted octanol–water partition coefficient (Wildman–Crippen LogP) is 5.03. The van der Waals surface area contributed by atoms with Crippen LogP contribution >= 0.6 is 11.3 Å². The van der Waals surface area contributed by atoms with Crippen molar-refractivity contribution in [2.45, 2.75) is 32.6 Å². The summed E-state index contributed by atoms with van der Waals surface area (Å²) in [7, 11) is 2.01. The number of hydrogen-bond donors (Lipinski definition) is 0. The number of hydrogen-bond acceptors (Lipinski definition) is 4. The van der Waals surface area contributed by atoms with Crippen molar-refractivity contribution in [3.05, 3.63) is 74.6 Å². The lowest BCUT2D eigenvalue weighted by molar-refractivity contribution is -0.118. The molecule has 5 rings (SSSR count). The van der Waals surface area contributed by atoms with Crippen LogP contribution in [0.25, 0.3) is 5.70 Å². The van der Waals surface area contributed by atoms with E-state index >= 15 is 0 Å². The van der Waals surface area contributed by atoms with Crippen molar-refractivity contribution in [1.29, 1.82) is 0 Å². The standard InChI is InChI=1S/C23H21NO2S/c1-23(2)11-15-18(16(25)12-23)19(17-9-6-10-27-17)20-21(24(15)3)13-7-4-5-8-14(13)22(20)26/h4-10,19H,11-12H2,1-3H3. The van der Waals surface area contributed by atoms with Crippen molar-refractivity contribution in [3.63, 3.8) is 0 Å². The first-order valence-corrected chi connectivity index (χ1v) is 10.2. The number of Topliss-reactive ketones (excluding diaryl/α,β-unsaturated/α-hetero) is 2. The number of fused-ring (bicyclic) bond motifs is 2. The maximum absolute atomic E-state index is 13.4. The summed E-state index contributed by atoms with van der Waals surface area (Å²) in [6, 6.07) is 11.9. The van der Waals surface area contributed by atoms with E-state index in [1.165, 1.54) is 0 Å². The maximum Gasteiger partial charge on any atom is 0.192 e. The molecule has 136 valence electrons. The normalized spacial score (nSPS) is 23.5. The van der Waals surface area contributed by atoms with Gasteiger partial charge in [0.05, 0.1) is 11.6 Å². The molecule has 0 N–H and O–H groups in total. The third-order valence-electron chi connectivity index (χ3n) is 5.97. The zero-order chi connectivity index (χ0) is 18.9. The third-order valence-corrected chi connectivity index (χ3v) is 6.91. The van der Waals surface area contributed by atoms with Crippen LogP contribution in [0.5, 0.6) is 0 Å². The SMILES string of the molecule is CN1C2=C(C(=O)CC(C)(C)C2)C(c2cccs2)C2=C1c1ccccc1C2=O. The van der Waals surface area contributed by atoms with Gasteiger partial charge in [-0.2, -0.15) is 0 Å². The summed E-state index contributed by atoms with van der Waals surface area (Å²) in [5.74, 6) is 0.00606. The number of allylic oxidation sites excluding steroid dienone is 3. The predicted molar refractivity (Wildman–Crippen MR) is 108 cm³/mol. The quantitative estimate of drug-likeness (QED) is 0.702. The Kier molecular flexibility index (Phi) is 3.41. The number of rotatable bonds is 1. The van der Waals surface area contributed by atoms with Gasteiger partial charge in [0.15, 0.2) is 11.6 Å². The molecule has 1 atom stereocenters. The van der Waals surface area contributed by atoms with Crippen LogP contribution in [-0.2, 0) is 4.79 Å². The molecule has 0 amide bonds. The molecule has 0 fully saturated rings. The molecule has 27 heavy (non-hydrogen) atoms. The average molecular weight is 375 g/mol. The molecule has 3 nitrogen and oxygen atoms in total. The molecule has 1 unspecified atom stereocenters. The van der Waals surface area contributed by atoms with Crippen LogP contribution in [0.1, 0.15) is 53.4 Å². The van der Waals surface area contributed by atoms with E-state index in [0.29, 0.717) is 6.42 Å². The fraction of sp³-hybridized carbons (Fsp3) is 0.304. The minimum atomic E-state index is -0.241. The summed E-state index contributed by atoms with van der Waals surface area (Å²) in [4.78, 5) is 29.8. The van der Waals surface area contributed by atoms with Crippen LogP contribution in [0.15, 0.2) is 58.6 Å². The van der Waals surface area contributed by atoms with Gasteiger partial charge in [0.25, 0.3) is 0 Å². The molecule has 0 saturated heterocycles. The van der Waals surface area contributed by atoms with Crippen LogP contribution in [0.4, 0.5) is 0 Å². The van der Waals surface area contributed by atoms with Crippen LogP contribution in [0.2, 0.25) is 0 Å². The Morgan fingerprint density at radius 2 is 1.74 bits per heavy atom. The fourth-order valence-corrected chi connectivity index (χ4v) is 5.71. The Bertz CT molecular complexity index is 1060. The van der Waals surface area contributed by atoms with E-state index < -0.39 is 0 Å². The number of carbonyl (C=O) groups excluding carboxylic acids is 2. The Balaban J connectivity index is 1.80. The highest BCUT2D eigenvalue weighted by Gasteiger charge is 2.48. The fourth-order valence-electron chi connectivity index (χ4n) is 4.86. The van der Waals surface area contributed by atoms with Gasteiger partial charge in [-0.05, 0) is 23.3 Å². The Morgan fingerprint density at radius 1 is 1.00 bits per heavy atom. The second-order valence-electron chi connectivity index (χ2n) is 8.45. The summed E-state index contributed by atoms with van der Waals surface area (Å²) >= 11 is 1.63. The number of thiophene rings is 1. The van der Waals surface area contributed by atoms with Crippen LogP contribution < -0.4 is 0 Å². The number of ketones is 2.